The number of carbonyl (C=O) groups is 1. The van der Waals surface area contributed by atoms with E-state index < -0.39 is 0 Å². The Morgan fingerprint density at radius 2 is 2.00 bits per heavy atom. The predicted molar refractivity (Wildman–Crippen MR) is 62.6 cm³/mol. The average molecular weight is 260 g/mol. The molecular weight excluding hydrogens is 249 g/mol. The highest BCUT2D eigenvalue weighted by Crippen LogP contribution is 2.29. The van der Waals surface area contributed by atoms with Crippen LogP contribution in [0.3, 0.4) is 0 Å². The maximum Gasteiger partial charge on any atom is 0.228 e. The van der Waals surface area contributed by atoms with Gasteiger partial charge >= 0.3 is 0 Å². The average Bonchev–Trinajstić information content (AvgIpc) is 2.78. The van der Waals surface area contributed by atoms with E-state index in [-0.39, 0.29) is 22.0 Å². The Kier molecular flexibility index (Phi) is 3.61. The molecule has 6 heteroatoms. The third-order valence-electron chi connectivity index (χ3n) is 2.71. The number of nitrogens with one attached hydrogen (secondary N) is 1. The van der Waals surface area contributed by atoms with E-state index in [2.05, 4.69) is 15.3 Å². The van der Waals surface area contributed by atoms with Gasteiger partial charge in [0.2, 0.25) is 5.91 Å². The largest absolute Gasteiger partial charge is 0.309 e. The number of amides is 1. The van der Waals surface area contributed by atoms with Crippen molar-refractivity contribution in [1.29, 1.82) is 0 Å². The van der Waals surface area contributed by atoms with Crippen LogP contribution in [0, 0.1) is 5.92 Å². The van der Waals surface area contributed by atoms with Crippen LogP contribution in [0.15, 0.2) is 6.33 Å². The van der Waals surface area contributed by atoms with Crippen molar-refractivity contribution in [3.05, 3.63) is 16.5 Å². The van der Waals surface area contributed by atoms with Gasteiger partial charge in [0.25, 0.3) is 0 Å². The molecule has 86 valence electrons. The van der Waals surface area contributed by atoms with Crippen molar-refractivity contribution in [2.75, 3.05) is 5.32 Å². The van der Waals surface area contributed by atoms with Crippen LogP contribution in [0.5, 0.6) is 0 Å². The molecule has 16 heavy (non-hydrogen) atoms. The molecule has 0 radical (unpaired) electrons. The van der Waals surface area contributed by atoms with Crippen LogP contribution in [-0.4, -0.2) is 15.9 Å². The monoisotopic (exact) mass is 259 g/mol. The molecule has 2 rings (SSSR count). The minimum absolute atomic E-state index is 0.0332. The van der Waals surface area contributed by atoms with Crippen molar-refractivity contribution in [3.8, 4) is 0 Å². The zero-order valence-corrected chi connectivity index (χ0v) is 10.1. The van der Waals surface area contributed by atoms with Crippen molar-refractivity contribution in [3.63, 3.8) is 0 Å². The standard InChI is InChI=1S/C10H11Cl2N3O/c11-7-8(12)13-5-14-9(7)15-10(16)6-3-1-2-4-6/h5-6H,1-4H2,(H,13,14,15,16). The number of carbonyl (C=O) groups excluding carboxylic acids is 1. The zero-order valence-electron chi connectivity index (χ0n) is 8.54. The molecule has 0 aromatic carbocycles. The normalized spacial score (nSPS) is 16.4. The van der Waals surface area contributed by atoms with Gasteiger partial charge in [-0.1, -0.05) is 36.0 Å². The Labute approximate surface area is 103 Å². The summed E-state index contributed by atoms with van der Waals surface area (Å²) in [4.78, 5) is 19.4. The summed E-state index contributed by atoms with van der Waals surface area (Å²) >= 11 is 11.6. The smallest absolute Gasteiger partial charge is 0.228 e. The number of aromatic nitrogens is 2. The van der Waals surface area contributed by atoms with Gasteiger partial charge in [-0.3, -0.25) is 4.79 Å². The van der Waals surface area contributed by atoms with Crippen molar-refractivity contribution in [1.82, 2.24) is 9.97 Å². The lowest BCUT2D eigenvalue weighted by atomic mass is 10.1. The summed E-state index contributed by atoms with van der Waals surface area (Å²) in [6, 6.07) is 0. The van der Waals surface area contributed by atoms with Gasteiger partial charge in [-0.25, -0.2) is 9.97 Å². The van der Waals surface area contributed by atoms with Crippen LogP contribution in [-0.2, 0) is 4.79 Å². The number of rotatable bonds is 2. The summed E-state index contributed by atoms with van der Waals surface area (Å²) in [6.07, 6.45) is 5.36. The van der Waals surface area contributed by atoms with Crippen molar-refractivity contribution in [2.24, 2.45) is 5.92 Å². The fourth-order valence-corrected chi connectivity index (χ4v) is 2.12. The van der Waals surface area contributed by atoms with E-state index in [0.29, 0.717) is 5.82 Å². The molecule has 1 aliphatic rings. The molecule has 1 N–H and O–H groups in total. The molecule has 0 bridgehead atoms. The minimum Gasteiger partial charge on any atom is -0.309 e. The summed E-state index contributed by atoms with van der Waals surface area (Å²) < 4.78 is 0. The highest BCUT2D eigenvalue weighted by molar-refractivity contribution is 6.42. The Bertz CT molecular complexity index is 405. The Morgan fingerprint density at radius 3 is 2.69 bits per heavy atom. The van der Waals surface area contributed by atoms with E-state index in [4.69, 9.17) is 23.2 Å². The first kappa shape index (κ1) is 11.6. The highest BCUT2D eigenvalue weighted by atomic mass is 35.5. The van der Waals surface area contributed by atoms with E-state index in [1.165, 1.54) is 6.33 Å². The first-order valence-electron chi connectivity index (χ1n) is 5.15. The van der Waals surface area contributed by atoms with Crippen LogP contribution in [0.4, 0.5) is 5.82 Å². The molecule has 0 saturated heterocycles. The summed E-state index contributed by atoms with van der Waals surface area (Å²) in [6.45, 7) is 0. The molecule has 1 aliphatic carbocycles. The van der Waals surface area contributed by atoms with Crippen LogP contribution in [0.1, 0.15) is 25.7 Å². The third-order valence-corrected chi connectivity index (χ3v) is 3.46. The van der Waals surface area contributed by atoms with Gasteiger partial charge < -0.3 is 5.32 Å². The van der Waals surface area contributed by atoms with E-state index in [9.17, 15) is 4.79 Å². The number of nitrogens with zero attached hydrogens (tertiary/aromatic N) is 2. The van der Waals surface area contributed by atoms with Crippen molar-refractivity contribution in [2.45, 2.75) is 25.7 Å². The molecular formula is C10H11Cl2N3O. The lowest BCUT2D eigenvalue weighted by molar-refractivity contribution is -0.119. The lowest BCUT2D eigenvalue weighted by Gasteiger charge is -2.10. The predicted octanol–water partition coefficient (Wildman–Crippen LogP) is 2.91. The highest BCUT2D eigenvalue weighted by Gasteiger charge is 2.23. The molecule has 1 fully saturated rings. The third kappa shape index (κ3) is 2.44. The second-order valence-corrected chi connectivity index (χ2v) is 4.53. The molecule has 0 spiro atoms. The summed E-state index contributed by atoms with van der Waals surface area (Å²) in [7, 11) is 0. The van der Waals surface area contributed by atoms with Gasteiger partial charge in [0, 0.05) is 5.92 Å². The molecule has 1 aromatic rings. The van der Waals surface area contributed by atoms with Gasteiger partial charge in [0.15, 0.2) is 11.0 Å². The Balaban J connectivity index is 2.08. The lowest BCUT2D eigenvalue weighted by Crippen LogP contribution is -2.21. The van der Waals surface area contributed by atoms with Crippen LogP contribution < -0.4 is 5.32 Å². The molecule has 0 atom stereocenters. The number of hydrogen-bond acceptors (Lipinski definition) is 3. The zero-order chi connectivity index (χ0) is 11.5. The van der Waals surface area contributed by atoms with Gasteiger partial charge in [-0.05, 0) is 12.8 Å². The molecule has 1 heterocycles. The topological polar surface area (TPSA) is 54.9 Å². The van der Waals surface area contributed by atoms with Gasteiger partial charge in [0.1, 0.15) is 11.3 Å². The second-order valence-electron chi connectivity index (χ2n) is 3.80. The fourth-order valence-electron chi connectivity index (χ4n) is 1.84. The number of anilines is 1. The Morgan fingerprint density at radius 1 is 1.31 bits per heavy atom. The van der Waals surface area contributed by atoms with Gasteiger partial charge in [0.05, 0.1) is 0 Å². The maximum atomic E-state index is 11.8. The summed E-state index contributed by atoms with van der Waals surface area (Å²) in [5, 5.41) is 3.03. The van der Waals surface area contributed by atoms with Gasteiger partial charge in [-0.2, -0.15) is 0 Å². The van der Waals surface area contributed by atoms with E-state index >= 15 is 0 Å². The molecule has 4 nitrogen and oxygen atoms in total. The molecule has 1 amide bonds. The van der Waals surface area contributed by atoms with Crippen molar-refractivity contribution >= 4 is 34.9 Å². The van der Waals surface area contributed by atoms with Crippen molar-refractivity contribution < 1.29 is 4.79 Å². The summed E-state index contributed by atoms with van der Waals surface area (Å²) in [5.74, 6) is 0.331. The number of hydrogen-bond donors (Lipinski definition) is 1. The molecule has 0 unspecified atom stereocenters. The first-order valence-corrected chi connectivity index (χ1v) is 5.91. The molecule has 0 aliphatic heterocycles. The van der Waals surface area contributed by atoms with Crippen LogP contribution >= 0.6 is 23.2 Å². The summed E-state index contributed by atoms with van der Waals surface area (Å²) in [5.41, 5.74) is 0. The minimum atomic E-state index is -0.0332. The Hall–Kier alpha value is -0.870. The van der Waals surface area contributed by atoms with Crippen LogP contribution in [0.2, 0.25) is 10.2 Å². The van der Waals surface area contributed by atoms with Gasteiger partial charge in [-0.15, -0.1) is 0 Å². The maximum absolute atomic E-state index is 11.8. The quantitative estimate of drug-likeness (QED) is 0.832. The first-order chi connectivity index (χ1) is 7.68. The van der Waals surface area contributed by atoms with E-state index in [1.807, 2.05) is 0 Å². The fraction of sp³-hybridized carbons (Fsp3) is 0.500. The van der Waals surface area contributed by atoms with E-state index in [0.717, 1.165) is 25.7 Å². The van der Waals surface area contributed by atoms with Crippen LogP contribution in [0.25, 0.3) is 0 Å². The molecule has 1 saturated carbocycles. The second kappa shape index (κ2) is 4.97. The van der Waals surface area contributed by atoms with E-state index in [1.54, 1.807) is 0 Å². The SMILES string of the molecule is O=C(Nc1ncnc(Cl)c1Cl)C1CCCC1. The molecule has 1 aromatic heterocycles. The number of halogens is 2.